The summed E-state index contributed by atoms with van der Waals surface area (Å²) in [5, 5.41) is 16.7. The van der Waals surface area contributed by atoms with Crippen molar-refractivity contribution in [2.75, 3.05) is 5.32 Å². The molecule has 9 heteroatoms. The van der Waals surface area contributed by atoms with Crippen molar-refractivity contribution in [2.45, 2.75) is 26.7 Å². The summed E-state index contributed by atoms with van der Waals surface area (Å²) in [6.07, 6.45) is 0. The third-order valence-corrected chi connectivity index (χ3v) is 5.65. The van der Waals surface area contributed by atoms with Crippen LogP contribution in [0.2, 0.25) is 0 Å². The summed E-state index contributed by atoms with van der Waals surface area (Å²) in [6, 6.07) is 17.6. The summed E-state index contributed by atoms with van der Waals surface area (Å²) in [5.41, 5.74) is 4.52. The molecule has 4 rings (SSSR count). The first-order valence-electron chi connectivity index (χ1n) is 10.6. The Morgan fingerprint density at radius 1 is 1.12 bits per heavy atom. The maximum absolute atomic E-state index is 12.5. The molecule has 1 heterocycles. The van der Waals surface area contributed by atoms with Crippen LogP contribution in [0.4, 0.5) is 11.4 Å². The number of nitrogens with zero attached hydrogens (tertiary/aromatic N) is 2. The smallest absolute Gasteiger partial charge is 0.273 e. The number of benzene rings is 3. The molecule has 0 bridgehead atoms. The van der Waals surface area contributed by atoms with Gasteiger partial charge in [-0.05, 0) is 73.1 Å². The van der Waals surface area contributed by atoms with Crippen LogP contribution in [0, 0.1) is 17.0 Å². The number of hydrogen-bond acceptors (Lipinski definition) is 6. The van der Waals surface area contributed by atoms with E-state index in [4.69, 9.17) is 16.6 Å². The molecule has 8 nitrogen and oxygen atoms in total. The van der Waals surface area contributed by atoms with Crippen LogP contribution in [0.25, 0.3) is 22.6 Å². The van der Waals surface area contributed by atoms with Crippen LogP contribution in [-0.2, 0) is 0 Å². The average molecular weight is 475 g/mol. The van der Waals surface area contributed by atoms with Gasteiger partial charge in [-0.3, -0.25) is 20.2 Å². The van der Waals surface area contributed by atoms with Gasteiger partial charge in [0, 0.05) is 28.4 Å². The first kappa shape index (κ1) is 23.1. The van der Waals surface area contributed by atoms with Crippen molar-refractivity contribution < 1.29 is 14.1 Å². The number of nitrogens with one attached hydrogen (secondary N) is 2. The van der Waals surface area contributed by atoms with Crippen molar-refractivity contribution in [2.24, 2.45) is 0 Å². The number of oxazole rings is 1. The molecule has 4 aromatic rings. The van der Waals surface area contributed by atoms with Crippen molar-refractivity contribution >= 4 is 45.7 Å². The molecule has 0 atom stereocenters. The molecule has 0 aliphatic rings. The van der Waals surface area contributed by atoms with Crippen molar-refractivity contribution in [1.82, 2.24) is 10.3 Å². The number of nitro groups is 1. The SMILES string of the molecule is Cc1c(C(=O)NC(=S)Nc2ccc(-c3nc4cc(C(C)C)ccc4o3)cc2)cccc1[N+](=O)[O-]. The van der Waals surface area contributed by atoms with E-state index in [2.05, 4.69) is 29.5 Å². The van der Waals surface area contributed by atoms with Gasteiger partial charge in [-0.2, -0.15) is 0 Å². The zero-order valence-corrected chi connectivity index (χ0v) is 19.6. The van der Waals surface area contributed by atoms with Crippen LogP contribution in [0.1, 0.15) is 41.3 Å². The minimum absolute atomic E-state index is 0.0757. The maximum Gasteiger partial charge on any atom is 0.273 e. The molecular weight excluding hydrogens is 452 g/mol. The second-order valence-electron chi connectivity index (χ2n) is 8.09. The summed E-state index contributed by atoms with van der Waals surface area (Å²) in [6.45, 7) is 5.79. The topological polar surface area (TPSA) is 110 Å². The fourth-order valence-electron chi connectivity index (χ4n) is 3.52. The quantitative estimate of drug-likeness (QED) is 0.208. The number of thiocarbonyl (C=S) groups is 1. The molecule has 0 saturated heterocycles. The predicted molar refractivity (Wildman–Crippen MR) is 135 cm³/mol. The summed E-state index contributed by atoms with van der Waals surface area (Å²) >= 11 is 5.24. The fourth-order valence-corrected chi connectivity index (χ4v) is 3.73. The van der Waals surface area contributed by atoms with Crippen LogP contribution >= 0.6 is 12.2 Å². The van der Waals surface area contributed by atoms with Crippen LogP contribution in [0.5, 0.6) is 0 Å². The lowest BCUT2D eigenvalue weighted by atomic mass is 10.0. The lowest BCUT2D eigenvalue weighted by molar-refractivity contribution is -0.385. The van der Waals surface area contributed by atoms with Gasteiger partial charge >= 0.3 is 0 Å². The molecular formula is C25H22N4O4S. The van der Waals surface area contributed by atoms with E-state index in [1.807, 2.05) is 30.3 Å². The largest absolute Gasteiger partial charge is 0.436 e. The maximum atomic E-state index is 12.5. The van der Waals surface area contributed by atoms with Crippen molar-refractivity contribution in [3.05, 3.63) is 87.5 Å². The summed E-state index contributed by atoms with van der Waals surface area (Å²) in [4.78, 5) is 27.7. The van der Waals surface area contributed by atoms with Crippen molar-refractivity contribution in [1.29, 1.82) is 0 Å². The number of carbonyl (C=O) groups excluding carboxylic acids is 1. The normalized spacial score (nSPS) is 10.9. The molecule has 2 N–H and O–H groups in total. The number of aromatic nitrogens is 1. The number of amides is 1. The van der Waals surface area contributed by atoms with Gasteiger partial charge in [0.1, 0.15) is 5.52 Å². The third-order valence-electron chi connectivity index (χ3n) is 5.44. The molecule has 0 radical (unpaired) electrons. The van der Waals surface area contributed by atoms with E-state index in [0.29, 0.717) is 17.5 Å². The van der Waals surface area contributed by atoms with E-state index >= 15 is 0 Å². The van der Waals surface area contributed by atoms with E-state index in [-0.39, 0.29) is 21.9 Å². The molecule has 0 aliphatic carbocycles. The van der Waals surface area contributed by atoms with Crippen LogP contribution in [0.3, 0.4) is 0 Å². The average Bonchev–Trinajstić information content (AvgIpc) is 3.22. The van der Waals surface area contributed by atoms with Gasteiger partial charge in [0.15, 0.2) is 10.7 Å². The Bertz CT molecular complexity index is 1410. The molecule has 0 fully saturated rings. The molecule has 0 spiro atoms. The predicted octanol–water partition coefficient (Wildman–Crippen LogP) is 5.96. The van der Waals surface area contributed by atoms with E-state index in [0.717, 1.165) is 16.7 Å². The molecule has 1 aromatic heterocycles. The van der Waals surface area contributed by atoms with E-state index in [1.54, 1.807) is 12.1 Å². The Hall–Kier alpha value is -4.11. The van der Waals surface area contributed by atoms with E-state index < -0.39 is 10.8 Å². The monoisotopic (exact) mass is 474 g/mol. The van der Waals surface area contributed by atoms with Crippen LogP contribution < -0.4 is 10.6 Å². The van der Waals surface area contributed by atoms with Gasteiger partial charge in [0.25, 0.3) is 11.6 Å². The Morgan fingerprint density at radius 2 is 1.85 bits per heavy atom. The molecule has 172 valence electrons. The molecule has 34 heavy (non-hydrogen) atoms. The number of fused-ring (bicyclic) bond motifs is 1. The molecule has 1 amide bonds. The fraction of sp³-hybridized carbons (Fsp3) is 0.160. The second kappa shape index (κ2) is 9.40. The Kier molecular flexibility index (Phi) is 6.38. The van der Waals surface area contributed by atoms with Crippen molar-refractivity contribution in [3.8, 4) is 11.5 Å². The first-order valence-corrected chi connectivity index (χ1v) is 11.0. The minimum atomic E-state index is -0.525. The summed E-state index contributed by atoms with van der Waals surface area (Å²) in [5.74, 6) is 0.391. The highest BCUT2D eigenvalue weighted by molar-refractivity contribution is 7.80. The van der Waals surface area contributed by atoms with Gasteiger partial charge in [-0.15, -0.1) is 0 Å². The zero-order valence-electron chi connectivity index (χ0n) is 18.8. The second-order valence-corrected chi connectivity index (χ2v) is 8.50. The summed E-state index contributed by atoms with van der Waals surface area (Å²) in [7, 11) is 0. The lowest BCUT2D eigenvalue weighted by Crippen LogP contribution is -2.34. The number of carbonyl (C=O) groups is 1. The zero-order chi connectivity index (χ0) is 24.4. The minimum Gasteiger partial charge on any atom is -0.436 e. The van der Waals surface area contributed by atoms with Gasteiger partial charge < -0.3 is 9.73 Å². The van der Waals surface area contributed by atoms with Gasteiger partial charge in [-0.1, -0.05) is 26.0 Å². The highest BCUT2D eigenvalue weighted by atomic mass is 32.1. The number of hydrogen-bond donors (Lipinski definition) is 2. The van der Waals surface area contributed by atoms with Crippen LogP contribution in [0.15, 0.2) is 65.1 Å². The first-order chi connectivity index (χ1) is 16.2. The molecule has 3 aromatic carbocycles. The Morgan fingerprint density at radius 3 is 2.53 bits per heavy atom. The van der Waals surface area contributed by atoms with Crippen LogP contribution in [-0.4, -0.2) is 20.9 Å². The van der Waals surface area contributed by atoms with E-state index in [1.165, 1.54) is 30.7 Å². The van der Waals surface area contributed by atoms with E-state index in [9.17, 15) is 14.9 Å². The van der Waals surface area contributed by atoms with Crippen molar-refractivity contribution in [3.63, 3.8) is 0 Å². The van der Waals surface area contributed by atoms with Gasteiger partial charge in [0.05, 0.1) is 4.92 Å². The Labute approximate surface area is 201 Å². The molecule has 0 unspecified atom stereocenters. The summed E-state index contributed by atoms with van der Waals surface area (Å²) < 4.78 is 5.89. The number of anilines is 1. The third kappa shape index (κ3) is 4.79. The highest BCUT2D eigenvalue weighted by Crippen LogP contribution is 2.28. The number of rotatable bonds is 5. The standard InChI is InChI=1S/C25H22N4O4S/c1-14(2)17-9-12-22-20(13-17)27-24(33-22)16-7-10-18(11-8-16)26-25(34)28-23(30)19-5-4-6-21(15(19)3)29(31)32/h4-14H,1-3H3,(H2,26,28,30,34). The Balaban J connectivity index is 1.44. The lowest BCUT2D eigenvalue weighted by Gasteiger charge is -2.11. The van der Waals surface area contributed by atoms with Gasteiger partial charge in [0.2, 0.25) is 5.89 Å². The number of nitro benzene ring substituents is 1. The highest BCUT2D eigenvalue weighted by Gasteiger charge is 2.18. The van der Waals surface area contributed by atoms with Gasteiger partial charge in [-0.25, -0.2) is 4.98 Å². The molecule has 0 saturated carbocycles. The molecule has 0 aliphatic heterocycles.